The third kappa shape index (κ3) is 4.56. The third-order valence-corrected chi connectivity index (χ3v) is 4.70. The molecule has 0 atom stereocenters. The van der Waals surface area contributed by atoms with Gasteiger partial charge < -0.3 is 14.8 Å². The van der Waals surface area contributed by atoms with E-state index in [1.165, 1.54) is 0 Å². The number of carbonyl (C=O) groups is 1. The van der Waals surface area contributed by atoms with Gasteiger partial charge in [-0.05, 0) is 26.0 Å². The molecule has 0 saturated heterocycles. The number of benzene rings is 1. The lowest BCUT2D eigenvalue weighted by atomic mass is 10.0. The third-order valence-electron chi connectivity index (χ3n) is 4.70. The summed E-state index contributed by atoms with van der Waals surface area (Å²) in [5.41, 5.74) is 2.87. The minimum atomic E-state index is -0.248. The Morgan fingerprint density at radius 3 is 2.97 bits per heavy atom. The van der Waals surface area contributed by atoms with Crippen LogP contribution in [0.3, 0.4) is 0 Å². The van der Waals surface area contributed by atoms with Crippen LogP contribution in [0.15, 0.2) is 55.1 Å². The van der Waals surface area contributed by atoms with E-state index in [1.54, 1.807) is 23.3 Å². The van der Waals surface area contributed by atoms with Gasteiger partial charge in [-0.2, -0.15) is 5.10 Å². The highest BCUT2D eigenvalue weighted by molar-refractivity contribution is 5.77. The molecule has 1 aromatic carbocycles. The molecule has 7 heteroatoms. The van der Waals surface area contributed by atoms with E-state index in [-0.39, 0.29) is 18.1 Å². The van der Waals surface area contributed by atoms with Crippen LogP contribution in [0.25, 0.3) is 11.1 Å². The van der Waals surface area contributed by atoms with Gasteiger partial charge in [-0.3, -0.25) is 14.5 Å². The van der Waals surface area contributed by atoms with Crippen molar-refractivity contribution in [3.05, 3.63) is 60.7 Å². The Hall–Kier alpha value is -3.35. The second kappa shape index (κ2) is 7.95. The molecule has 150 valence electrons. The Labute approximate surface area is 169 Å². The van der Waals surface area contributed by atoms with Gasteiger partial charge in [0.1, 0.15) is 5.60 Å². The van der Waals surface area contributed by atoms with E-state index in [1.807, 2.05) is 50.4 Å². The summed E-state index contributed by atoms with van der Waals surface area (Å²) < 4.78 is 13.5. The van der Waals surface area contributed by atoms with E-state index < -0.39 is 0 Å². The Kier molecular flexibility index (Phi) is 5.20. The van der Waals surface area contributed by atoms with Gasteiger partial charge >= 0.3 is 0 Å². The molecule has 0 aliphatic carbocycles. The highest BCUT2D eigenvalue weighted by Gasteiger charge is 2.32. The SMILES string of the molecule is CC1(C)Cc2cccc(OCC(=O)NCCn3cc(-c4cccnc4)cn3)c2O1. The number of carbonyl (C=O) groups excluding carboxylic acids is 1. The van der Waals surface area contributed by atoms with Gasteiger partial charge in [-0.25, -0.2) is 0 Å². The summed E-state index contributed by atoms with van der Waals surface area (Å²) in [5, 5.41) is 7.18. The molecule has 0 fully saturated rings. The molecule has 3 aromatic rings. The average molecular weight is 392 g/mol. The van der Waals surface area contributed by atoms with E-state index in [0.29, 0.717) is 18.8 Å². The van der Waals surface area contributed by atoms with E-state index >= 15 is 0 Å². The summed E-state index contributed by atoms with van der Waals surface area (Å²) >= 11 is 0. The molecule has 1 aliphatic heterocycles. The monoisotopic (exact) mass is 392 g/mol. The largest absolute Gasteiger partial charge is 0.483 e. The van der Waals surface area contributed by atoms with Gasteiger partial charge in [0, 0.05) is 48.2 Å². The van der Waals surface area contributed by atoms with Crippen LogP contribution in [-0.4, -0.2) is 39.4 Å². The van der Waals surface area contributed by atoms with Crippen LogP contribution in [0.4, 0.5) is 0 Å². The fourth-order valence-electron chi connectivity index (χ4n) is 3.37. The number of rotatable bonds is 7. The number of ether oxygens (including phenoxy) is 2. The summed E-state index contributed by atoms with van der Waals surface area (Å²) in [6.07, 6.45) is 8.09. The van der Waals surface area contributed by atoms with E-state index in [2.05, 4.69) is 15.4 Å². The summed E-state index contributed by atoms with van der Waals surface area (Å²) in [5.74, 6) is 1.17. The molecule has 29 heavy (non-hydrogen) atoms. The lowest BCUT2D eigenvalue weighted by Gasteiger charge is -2.18. The Morgan fingerprint density at radius 1 is 1.24 bits per heavy atom. The van der Waals surface area contributed by atoms with Crippen LogP contribution in [0.1, 0.15) is 19.4 Å². The van der Waals surface area contributed by atoms with Crippen molar-refractivity contribution in [3.63, 3.8) is 0 Å². The molecule has 0 radical (unpaired) electrons. The lowest BCUT2D eigenvalue weighted by molar-refractivity contribution is -0.123. The summed E-state index contributed by atoms with van der Waals surface area (Å²) in [4.78, 5) is 16.3. The van der Waals surface area contributed by atoms with Crippen LogP contribution < -0.4 is 14.8 Å². The fourth-order valence-corrected chi connectivity index (χ4v) is 3.37. The number of aromatic nitrogens is 3. The van der Waals surface area contributed by atoms with Gasteiger partial charge in [0.2, 0.25) is 0 Å². The molecule has 0 unspecified atom stereocenters. The summed E-state index contributed by atoms with van der Waals surface area (Å²) in [7, 11) is 0. The van der Waals surface area contributed by atoms with Crippen molar-refractivity contribution >= 4 is 5.91 Å². The van der Waals surface area contributed by atoms with Crippen molar-refractivity contribution in [2.45, 2.75) is 32.4 Å². The highest BCUT2D eigenvalue weighted by Crippen LogP contribution is 2.41. The number of fused-ring (bicyclic) bond motifs is 1. The molecular formula is C22H24N4O3. The molecule has 0 bridgehead atoms. The second-order valence-corrected chi connectivity index (χ2v) is 7.66. The number of hydrogen-bond acceptors (Lipinski definition) is 5. The van der Waals surface area contributed by atoms with Gasteiger partial charge in [0.25, 0.3) is 5.91 Å². The first-order chi connectivity index (χ1) is 14.0. The van der Waals surface area contributed by atoms with Crippen LogP contribution in [0, 0.1) is 0 Å². The first-order valence-electron chi connectivity index (χ1n) is 9.63. The fraction of sp³-hybridized carbons (Fsp3) is 0.318. The average Bonchev–Trinajstić information content (AvgIpc) is 3.30. The predicted molar refractivity (Wildman–Crippen MR) is 109 cm³/mol. The van der Waals surface area contributed by atoms with Crippen molar-refractivity contribution in [1.29, 1.82) is 0 Å². The molecule has 7 nitrogen and oxygen atoms in total. The van der Waals surface area contributed by atoms with E-state index in [0.717, 1.165) is 28.9 Å². The molecule has 2 aromatic heterocycles. The molecule has 1 amide bonds. The zero-order valence-corrected chi connectivity index (χ0v) is 16.6. The first kappa shape index (κ1) is 19.0. The highest BCUT2D eigenvalue weighted by atomic mass is 16.5. The number of para-hydroxylation sites is 1. The molecule has 0 saturated carbocycles. The van der Waals surface area contributed by atoms with E-state index in [9.17, 15) is 4.79 Å². The topological polar surface area (TPSA) is 78.3 Å². The van der Waals surface area contributed by atoms with Gasteiger partial charge in [-0.1, -0.05) is 18.2 Å². The second-order valence-electron chi connectivity index (χ2n) is 7.66. The van der Waals surface area contributed by atoms with Crippen molar-refractivity contribution in [2.24, 2.45) is 0 Å². The lowest BCUT2D eigenvalue weighted by Crippen LogP contribution is -2.31. The number of nitrogens with one attached hydrogen (secondary N) is 1. The van der Waals surface area contributed by atoms with Crippen LogP contribution >= 0.6 is 0 Å². The minimum Gasteiger partial charge on any atom is -0.483 e. The smallest absolute Gasteiger partial charge is 0.258 e. The van der Waals surface area contributed by atoms with Crippen molar-refractivity contribution in [1.82, 2.24) is 20.1 Å². The summed E-state index contributed by atoms with van der Waals surface area (Å²) in [6.45, 7) is 5.06. The normalized spacial score (nSPS) is 14.1. The zero-order valence-electron chi connectivity index (χ0n) is 16.6. The number of nitrogens with zero attached hydrogens (tertiary/aromatic N) is 3. The molecule has 3 heterocycles. The standard InChI is InChI=1S/C22H24N4O3/c1-22(2)11-16-5-3-7-19(21(16)29-22)28-15-20(27)24-9-10-26-14-18(13-25-26)17-6-4-8-23-12-17/h3-8,12-14H,9-11,15H2,1-2H3,(H,24,27). The van der Waals surface area contributed by atoms with Gasteiger partial charge in [-0.15, -0.1) is 0 Å². The molecule has 4 rings (SSSR count). The van der Waals surface area contributed by atoms with Crippen molar-refractivity contribution in [2.75, 3.05) is 13.2 Å². The zero-order chi connectivity index (χ0) is 20.3. The quantitative estimate of drug-likeness (QED) is 0.669. The van der Waals surface area contributed by atoms with Gasteiger partial charge in [0.05, 0.1) is 12.7 Å². The molecular weight excluding hydrogens is 368 g/mol. The number of amides is 1. The maximum atomic E-state index is 12.1. The molecule has 1 N–H and O–H groups in total. The Bertz CT molecular complexity index is 998. The predicted octanol–water partition coefficient (Wildman–Crippen LogP) is 2.85. The van der Waals surface area contributed by atoms with Crippen LogP contribution in [0.5, 0.6) is 11.5 Å². The van der Waals surface area contributed by atoms with Crippen molar-refractivity contribution in [3.8, 4) is 22.6 Å². The van der Waals surface area contributed by atoms with Crippen molar-refractivity contribution < 1.29 is 14.3 Å². The number of pyridine rings is 1. The first-order valence-corrected chi connectivity index (χ1v) is 9.63. The maximum Gasteiger partial charge on any atom is 0.258 e. The summed E-state index contributed by atoms with van der Waals surface area (Å²) in [6, 6.07) is 9.66. The molecule has 0 spiro atoms. The Balaban J connectivity index is 1.25. The minimum absolute atomic E-state index is 0.0553. The van der Waals surface area contributed by atoms with Crippen LogP contribution in [-0.2, 0) is 17.8 Å². The van der Waals surface area contributed by atoms with Crippen LogP contribution in [0.2, 0.25) is 0 Å². The van der Waals surface area contributed by atoms with E-state index in [4.69, 9.17) is 9.47 Å². The molecule has 1 aliphatic rings. The number of hydrogen-bond donors (Lipinski definition) is 1. The Morgan fingerprint density at radius 2 is 2.14 bits per heavy atom. The maximum absolute atomic E-state index is 12.1. The van der Waals surface area contributed by atoms with Gasteiger partial charge in [0.15, 0.2) is 18.1 Å².